The second kappa shape index (κ2) is 15.7. The van der Waals surface area contributed by atoms with Gasteiger partial charge < -0.3 is 30.4 Å². The number of allylic oxidation sites excluding steroid dienone is 1. The summed E-state index contributed by atoms with van der Waals surface area (Å²) in [5, 5.41) is 11.4. The molecule has 1 aromatic rings. The zero-order valence-electron chi connectivity index (χ0n) is 24.2. The smallest absolute Gasteiger partial charge is 0.253 e. The van der Waals surface area contributed by atoms with Crippen molar-refractivity contribution in [1.29, 1.82) is 0 Å². The Morgan fingerprint density at radius 1 is 1.21 bits per heavy atom. The van der Waals surface area contributed by atoms with Crippen LogP contribution in [0.3, 0.4) is 0 Å². The van der Waals surface area contributed by atoms with Crippen molar-refractivity contribution in [2.75, 3.05) is 50.5 Å². The summed E-state index contributed by atoms with van der Waals surface area (Å²) in [6.07, 6.45) is 11.2. The predicted molar refractivity (Wildman–Crippen MR) is 157 cm³/mol. The molecule has 0 unspecified atom stereocenters. The van der Waals surface area contributed by atoms with Crippen molar-refractivity contribution in [3.63, 3.8) is 0 Å². The minimum atomic E-state index is -1.23. The molecule has 0 bridgehead atoms. The molecule has 1 aromatic carbocycles. The summed E-state index contributed by atoms with van der Waals surface area (Å²) in [5.41, 5.74) is 6.37. The summed E-state index contributed by atoms with van der Waals surface area (Å²) in [6.45, 7) is 11.7. The first-order chi connectivity index (χ1) is 18.0. The molecule has 0 spiro atoms. The highest BCUT2D eigenvalue weighted by Crippen LogP contribution is 2.33. The average Bonchev–Trinajstić information content (AvgIpc) is 3.65. The second-order valence-corrected chi connectivity index (χ2v) is 10.8. The maximum atomic E-state index is 11.8. The van der Waals surface area contributed by atoms with Gasteiger partial charge in [0.15, 0.2) is 0 Å². The van der Waals surface area contributed by atoms with Crippen LogP contribution in [0.4, 0.5) is 11.4 Å². The van der Waals surface area contributed by atoms with Crippen LogP contribution in [-0.2, 0) is 4.79 Å². The minimum Gasteiger partial charge on any atom is -0.439 e. The van der Waals surface area contributed by atoms with E-state index < -0.39 is 5.60 Å². The number of rotatable bonds is 10. The summed E-state index contributed by atoms with van der Waals surface area (Å²) in [6, 6.07) is 5.60. The van der Waals surface area contributed by atoms with Crippen LogP contribution in [0.2, 0.25) is 0 Å². The van der Waals surface area contributed by atoms with E-state index >= 15 is 0 Å². The molecule has 0 aromatic heterocycles. The summed E-state index contributed by atoms with van der Waals surface area (Å²) in [7, 11) is 2.10. The zero-order valence-corrected chi connectivity index (χ0v) is 24.2. The number of hydrazine groups is 1. The van der Waals surface area contributed by atoms with E-state index in [9.17, 15) is 9.90 Å². The fourth-order valence-corrected chi connectivity index (χ4v) is 4.11. The van der Waals surface area contributed by atoms with Gasteiger partial charge in [-0.05, 0) is 96.6 Å². The molecule has 2 aliphatic rings. The molecule has 1 saturated carbocycles. The van der Waals surface area contributed by atoms with Gasteiger partial charge in [0.1, 0.15) is 11.4 Å². The Hall–Kier alpha value is -2.62. The van der Waals surface area contributed by atoms with Crippen LogP contribution in [-0.4, -0.2) is 72.4 Å². The number of aliphatic hydroxyl groups is 1. The van der Waals surface area contributed by atoms with Crippen molar-refractivity contribution < 1.29 is 14.6 Å². The summed E-state index contributed by atoms with van der Waals surface area (Å²) >= 11 is 0. The van der Waals surface area contributed by atoms with E-state index in [2.05, 4.69) is 30.8 Å². The third-order valence-electron chi connectivity index (χ3n) is 6.44. The molecule has 1 aliphatic heterocycles. The Labute approximate surface area is 229 Å². The summed E-state index contributed by atoms with van der Waals surface area (Å²) in [5.74, 6) is 7.95. The Balaban J connectivity index is 0.000000293. The van der Waals surface area contributed by atoms with Gasteiger partial charge in [0, 0.05) is 31.9 Å². The van der Waals surface area contributed by atoms with Gasteiger partial charge in [-0.25, -0.2) is 10.8 Å². The molecule has 3 rings (SSSR count). The van der Waals surface area contributed by atoms with Gasteiger partial charge in [-0.1, -0.05) is 20.3 Å². The number of ether oxygens (including phenoxy) is 1. The first-order valence-corrected chi connectivity index (χ1v) is 14.1. The van der Waals surface area contributed by atoms with Gasteiger partial charge in [-0.3, -0.25) is 4.79 Å². The number of aliphatic imine (C=N–C) groups is 1. The Kier molecular flexibility index (Phi) is 13.1. The number of nitrogen functional groups attached to an aromatic ring is 1. The lowest BCUT2D eigenvalue weighted by Crippen LogP contribution is -2.47. The van der Waals surface area contributed by atoms with E-state index in [1.54, 1.807) is 29.8 Å². The highest BCUT2D eigenvalue weighted by atomic mass is 16.5. The molecule has 1 saturated heterocycles. The van der Waals surface area contributed by atoms with Crippen molar-refractivity contribution in [3.05, 3.63) is 30.2 Å². The first kappa shape index (κ1) is 31.6. The van der Waals surface area contributed by atoms with Crippen LogP contribution >= 0.6 is 0 Å². The van der Waals surface area contributed by atoms with Crippen LogP contribution < -0.4 is 21.3 Å². The molecule has 5 N–H and O–H groups in total. The maximum absolute atomic E-state index is 11.8. The standard InChI is InChI=1S/C18H28N4O.C11H22N2O2/c1-3-5-11-21-18(6-4-2)23-15-9-10-17(16(19)12-15)22(20)13-14-7-8-14;1-11(2,15)10(14)13-8-4-6-12(3)7-5-9-13/h6,9-12,14H,3-5,7-8,13,19-20H2,1-2H3;15H,4-9H2,1-3H3/b18-6+,21-11-;. The quantitative estimate of drug-likeness (QED) is 0.136. The zero-order chi connectivity index (χ0) is 28.1. The number of carbonyl (C=O) groups is 1. The second-order valence-electron chi connectivity index (χ2n) is 10.8. The van der Waals surface area contributed by atoms with Crippen molar-refractivity contribution in [1.82, 2.24) is 9.80 Å². The van der Waals surface area contributed by atoms with E-state index in [0.717, 1.165) is 70.5 Å². The number of hydrogen-bond acceptors (Lipinski definition) is 8. The molecule has 0 radical (unpaired) electrons. The van der Waals surface area contributed by atoms with Crippen LogP contribution in [0.25, 0.3) is 0 Å². The number of amides is 1. The van der Waals surface area contributed by atoms with Gasteiger partial charge in [-0.15, -0.1) is 0 Å². The predicted octanol–water partition coefficient (Wildman–Crippen LogP) is 4.17. The number of hydrogen-bond donors (Lipinski definition) is 3. The number of benzene rings is 1. The lowest BCUT2D eigenvalue weighted by atomic mass is 10.1. The molecule has 0 atom stereocenters. The van der Waals surface area contributed by atoms with Gasteiger partial charge in [0.25, 0.3) is 5.91 Å². The lowest BCUT2D eigenvalue weighted by Gasteiger charge is -2.32. The van der Waals surface area contributed by atoms with Crippen LogP contribution in [0.15, 0.2) is 35.2 Å². The van der Waals surface area contributed by atoms with Crippen molar-refractivity contribution in [2.45, 2.75) is 78.2 Å². The van der Waals surface area contributed by atoms with E-state index in [1.165, 1.54) is 12.8 Å². The SMILES string of the molecule is CC/C=C(\N=C/CCC)Oc1ccc(N(N)CC2CC2)c(N)c1.CN1CCCN(C(=O)C(C)(C)O)CCC1. The number of anilines is 2. The molecule has 214 valence electrons. The number of nitrogens with zero attached hydrogens (tertiary/aromatic N) is 4. The number of carbonyl (C=O) groups excluding carboxylic acids is 1. The van der Waals surface area contributed by atoms with Crippen molar-refractivity contribution in [3.8, 4) is 5.75 Å². The molecular weight excluding hydrogens is 480 g/mol. The molecule has 9 heteroatoms. The minimum absolute atomic E-state index is 0.146. The van der Waals surface area contributed by atoms with Crippen molar-refractivity contribution >= 4 is 23.5 Å². The molecule has 2 fully saturated rings. The number of nitrogens with two attached hydrogens (primary N) is 2. The van der Waals surface area contributed by atoms with E-state index in [-0.39, 0.29) is 5.91 Å². The summed E-state index contributed by atoms with van der Waals surface area (Å²) < 4.78 is 5.83. The van der Waals surface area contributed by atoms with Crippen LogP contribution in [0.1, 0.15) is 72.6 Å². The maximum Gasteiger partial charge on any atom is 0.253 e. The highest BCUT2D eigenvalue weighted by Gasteiger charge is 2.29. The monoisotopic (exact) mass is 530 g/mol. The van der Waals surface area contributed by atoms with E-state index in [0.29, 0.717) is 23.2 Å². The van der Waals surface area contributed by atoms with Gasteiger partial charge >= 0.3 is 0 Å². The third-order valence-corrected chi connectivity index (χ3v) is 6.44. The number of unbranched alkanes of at least 4 members (excludes halogenated alkanes) is 1. The topological polar surface area (TPSA) is 121 Å². The van der Waals surface area contributed by atoms with Crippen LogP contribution in [0.5, 0.6) is 5.75 Å². The lowest BCUT2D eigenvalue weighted by molar-refractivity contribution is -0.148. The van der Waals surface area contributed by atoms with E-state index in [4.69, 9.17) is 16.3 Å². The van der Waals surface area contributed by atoms with Crippen molar-refractivity contribution in [2.24, 2.45) is 16.8 Å². The van der Waals surface area contributed by atoms with Crippen LogP contribution in [0, 0.1) is 5.92 Å². The first-order valence-electron chi connectivity index (χ1n) is 14.1. The third kappa shape index (κ3) is 11.4. The normalized spacial score (nSPS) is 17.4. The molecule has 1 amide bonds. The fourth-order valence-electron chi connectivity index (χ4n) is 4.11. The molecule has 38 heavy (non-hydrogen) atoms. The van der Waals surface area contributed by atoms with Gasteiger partial charge in [-0.2, -0.15) is 0 Å². The largest absolute Gasteiger partial charge is 0.439 e. The van der Waals surface area contributed by atoms with Gasteiger partial charge in [0.2, 0.25) is 5.88 Å². The highest BCUT2D eigenvalue weighted by molar-refractivity contribution is 5.84. The Morgan fingerprint density at radius 3 is 2.39 bits per heavy atom. The molecule has 1 aliphatic carbocycles. The Morgan fingerprint density at radius 2 is 1.87 bits per heavy atom. The van der Waals surface area contributed by atoms with E-state index in [1.807, 2.05) is 24.4 Å². The molecule has 1 heterocycles. The molecular formula is C29H50N6O3. The fraction of sp³-hybridized carbons (Fsp3) is 0.655. The molecule has 9 nitrogen and oxygen atoms in total. The summed E-state index contributed by atoms with van der Waals surface area (Å²) in [4.78, 5) is 20.3. The van der Waals surface area contributed by atoms with Gasteiger partial charge in [0.05, 0.1) is 11.4 Å². The Bertz CT molecular complexity index is 913. The average molecular weight is 531 g/mol.